The van der Waals surface area contributed by atoms with E-state index in [1.807, 2.05) is 5.38 Å². The highest BCUT2D eigenvalue weighted by Crippen LogP contribution is 2.17. The molecule has 0 aliphatic carbocycles. The average Bonchev–Trinajstić information content (AvgIpc) is 3.10. The normalized spacial score (nSPS) is 14.9. The Morgan fingerprint density at radius 1 is 1.33 bits per heavy atom. The lowest BCUT2D eigenvalue weighted by Gasteiger charge is -2.25. The minimum atomic E-state index is 0.0340. The second-order valence-electron chi connectivity index (χ2n) is 6.42. The highest BCUT2D eigenvalue weighted by atomic mass is 35.5. The van der Waals surface area contributed by atoms with Gasteiger partial charge in [0.15, 0.2) is 0 Å². The summed E-state index contributed by atoms with van der Waals surface area (Å²) in [6, 6.07) is 7.12. The van der Waals surface area contributed by atoms with Crippen LogP contribution in [0.3, 0.4) is 0 Å². The van der Waals surface area contributed by atoms with Crippen LogP contribution < -0.4 is 4.74 Å². The summed E-state index contributed by atoms with van der Waals surface area (Å²) in [5.41, 5.74) is 0.928. The maximum Gasteiger partial charge on any atom is 0.226 e. The smallest absolute Gasteiger partial charge is 0.226 e. The summed E-state index contributed by atoms with van der Waals surface area (Å²) in [6.07, 6.45) is 0.323. The number of ether oxygens (including phenoxy) is 2. The van der Waals surface area contributed by atoms with Crippen LogP contribution >= 0.6 is 22.9 Å². The van der Waals surface area contributed by atoms with Gasteiger partial charge in [-0.05, 0) is 24.3 Å². The molecule has 1 aliphatic heterocycles. The molecule has 8 heteroatoms. The summed E-state index contributed by atoms with van der Waals surface area (Å²) in [5, 5.41) is 3.78. The third-order valence-electron chi connectivity index (χ3n) is 4.29. The van der Waals surface area contributed by atoms with Crippen molar-refractivity contribution in [3.8, 4) is 5.75 Å². The molecule has 0 unspecified atom stereocenters. The second-order valence-corrected chi connectivity index (χ2v) is 7.80. The lowest BCUT2D eigenvalue weighted by atomic mass is 10.3. The fourth-order valence-electron chi connectivity index (χ4n) is 2.75. The number of carbonyl (C=O) groups is 1. The minimum absolute atomic E-state index is 0.0340. The van der Waals surface area contributed by atoms with Crippen LogP contribution in [0.4, 0.5) is 0 Å². The Balaban J connectivity index is 1.40. The van der Waals surface area contributed by atoms with E-state index in [0.717, 1.165) is 43.5 Å². The summed E-state index contributed by atoms with van der Waals surface area (Å²) >= 11 is 7.49. The number of hydrogen-bond donors (Lipinski definition) is 0. The van der Waals surface area contributed by atoms with Gasteiger partial charge in [0, 0.05) is 30.5 Å². The zero-order valence-corrected chi connectivity index (χ0v) is 17.0. The molecule has 0 spiro atoms. The van der Waals surface area contributed by atoms with Crippen LogP contribution in [0.5, 0.6) is 5.75 Å². The van der Waals surface area contributed by atoms with Gasteiger partial charge in [-0.3, -0.25) is 9.69 Å². The molecule has 1 saturated heterocycles. The molecule has 0 bridgehead atoms. The molecular weight excluding hydrogens is 386 g/mol. The van der Waals surface area contributed by atoms with Crippen molar-refractivity contribution >= 4 is 28.8 Å². The van der Waals surface area contributed by atoms with Gasteiger partial charge in [-0.1, -0.05) is 11.6 Å². The molecule has 1 aliphatic rings. The zero-order valence-electron chi connectivity index (χ0n) is 15.4. The van der Waals surface area contributed by atoms with Crippen LogP contribution in [0.1, 0.15) is 17.1 Å². The molecular formula is C19H24ClN3O3S. The van der Waals surface area contributed by atoms with E-state index in [-0.39, 0.29) is 5.91 Å². The predicted octanol–water partition coefficient (Wildman–Crippen LogP) is 3.06. The molecule has 0 radical (unpaired) electrons. The average molecular weight is 410 g/mol. The highest BCUT2D eigenvalue weighted by molar-refractivity contribution is 7.09. The monoisotopic (exact) mass is 409 g/mol. The zero-order chi connectivity index (χ0) is 19.1. The Morgan fingerprint density at radius 2 is 2.07 bits per heavy atom. The first-order valence-electron chi connectivity index (χ1n) is 8.96. The molecule has 2 aromatic rings. The van der Waals surface area contributed by atoms with Crippen molar-refractivity contribution in [1.82, 2.24) is 14.8 Å². The minimum Gasteiger partial charge on any atom is -0.493 e. The van der Waals surface area contributed by atoms with Gasteiger partial charge in [-0.15, -0.1) is 11.3 Å². The molecule has 27 heavy (non-hydrogen) atoms. The maximum absolute atomic E-state index is 12.3. The van der Waals surface area contributed by atoms with Gasteiger partial charge >= 0.3 is 0 Å². The fourth-order valence-corrected chi connectivity index (χ4v) is 3.71. The van der Waals surface area contributed by atoms with E-state index in [4.69, 9.17) is 21.1 Å². The fraction of sp³-hybridized carbons (Fsp3) is 0.474. The third-order valence-corrected chi connectivity index (χ3v) is 5.42. The Kier molecular flexibility index (Phi) is 7.46. The van der Waals surface area contributed by atoms with Crippen molar-refractivity contribution in [3.05, 3.63) is 45.4 Å². The number of morpholine rings is 1. The Bertz CT molecular complexity index is 732. The van der Waals surface area contributed by atoms with Crippen LogP contribution in [0.15, 0.2) is 29.6 Å². The lowest BCUT2D eigenvalue weighted by molar-refractivity contribution is -0.131. The first-order valence-corrected chi connectivity index (χ1v) is 10.2. The molecule has 1 aromatic carbocycles. The van der Waals surface area contributed by atoms with Crippen LogP contribution in [0, 0.1) is 0 Å². The van der Waals surface area contributed by atoms with Crippen LogP contribution in [-0.2, 0) is 22.6 Å². The summed E-state index contributed by atoms with van der Waals surface area (Å²) in [6.45, 7) is 5.16. The van der Waals surface area contributed by atoms with Crippen molar-refractivity contribution in [1.29, 1.82) is 0 Å². The molecule has 0 saturated carbocycles. The first-order chi connectivity index (χ1) is 13.1. The van der Waals surface area contributed by atoms with Crippen LogP contribution in [0.25, 0.3) is 0 Å². The van der Waals surface area contributed by atoms with Crippen LogP contribution in [0.2, 0.25) is 5.02 Å². The number of nitrogens with zero attached hydrogens (tertiary/aromatic N) is 3. The van der Waals surface area contributed by atoms with Gasteiger partial charge in [0.2, 0.25) is 5.91 Å². The van der Waals surface area contributed by atoms with Gasteiger partial charge in [-0.25, -0.2) is 4.98 Å². The summed E-state index contributed by atoms with van der Waals surface area (Å²) in [4.78, 5) is 21.0. The molecule has 3 rings (SSSR count). The van der Waals surface area contributed by atoms with Gasteiger partial charge in [0.05, 0.1) is 45.0 Å². The predicted molar refractivity (Wildman–Crippen MR) is 106 cm³/mol. The number of halogens is 1. The number of carbonyl (C=O) groups excluding carboxylic acids is 1. The number of thiazole rings is 1. The Labute approximate surface area is 168 Å². The molecule has 0 N–H and O–H groups in total. The topological polar surface area (TPSA) is 54.9 Å². The summed E-state index contributed by atoms with van der Waals surface area (Å²) in [5.74, 6) is 0.744. The Hall–Kier alpha value is -1.67. The number of hydrogen-bond acceptors (Lipinski definition) is 6. The molecule has 6 nitrogen and oxygen atoms in total. The third kappa shape index (κ3) is 6.46. The van der Waals surface area contributed by atoms with Gasteiger partial charge in [-0.2, -0.15) is 0 Å². The number of benzene rings is 1. The van der Waals surface area contributed by atoms with Crippen molar-refractivity contribution in [2.75, 3.05) is 40.0 Å². The number of rotatable bonds is 8. The molecule has 2 heterocycles. The summed E-state index contributed by atoms with van der Waals surface area (Å²) < 4.78 is 11.0. The van der Waals surface area contributed by atoms with Gasteiger partial charge in [0.25, 0.3) is 0 Å². The van der Waals surface area contributed by atoms with Gasteiger partial charge in [0.1, 0.15) is 10.8 Å². The van der Waals surface area contributed by atoms with E-state index in [2.05, 4.69) is 9.88 Å². The standard InChI is InChI=1S/C19H24ClN3O3S/c1-22(19(24)6-9-26-17-4-2-15(20)3-5-17)12-16-14-27-18(21-16)13-23-7-10-25-11-8-23/h2-5,14H,6-13H2,1H3. The van der Waals surface area contributed by atoms with E-state index in [1.54, 1.807) is 47.5 Å². The molecule has 1 aromatic heterocycles. The quantitative estimate of drug-likeness (QED) is 0.670. The van der Waals surface area contributed by atoms with E-state index in [1.165, 1.54) is 0 Å². The SMILES string of the molecule is CN(Cc1csc(CN2CCOCC2)n1)C(=O)CCOc1ccc(Cl)cc1. The van der Waals surface area contributed by atoms with Crippen molar-refractivity contribution in [2.45, 2.75) is 19.5 Å². The van der Waals surface area contributed by atoms with E-state index in [0.29, 0.717) is 30.3 Å². The largest absolute Gasteiger partial charge is 0.493 e. The molecule has 1 fully saturated rings. The number of aromatic nitrogens is 1. The maximum atomic E-state index is 12.3. The molecule has 1 amide bonds. The van der Waals surface area contributed by atoms with Crippen molar-refractivity contribution < 1.29 is 14.3 Å². The van der Waals surface area contributed by atoms with E-state index in [9.17, 15) is 4.79 Å². The van der Waals surface area contributed by atoms with E-state index >= 15 is 0 Å². The van der Waals surface area contributed by atoms with E-state index < -0.39 is 0 Å². The lowest BCUT2D eigenvalue weighted by Crippen LogP contribution is -2.35. The highest BCUT2D eigenvalue weighted by Gasteiger charge is 2.15. The second kappa shape index (κ2) is 10.0. The van der Waals surface area contributed by atoms with Crippen LogP contribution in [-0.4, -0.2) is 60.6 Å². The van der Waals surface area contributed by atoms with Crippen molar-refractivity contribution in [2.24, 2.45) is 0 Å². The first kappa shape index (κ1) is 20.1. The molecule has 0 atom stereocenters. The van der Waals surface area contributed by atoms with Gasteiger partial charge < -0.3 is 14.4 Å². The number of amides is 1. The Morgan fingerprint density at radius 3 is 2.81 bits per heavy atom. The summed E-state index contributed by atoms with van der Waals surface area (Å²) in [7, 11) is 1.80. The van der Waals surface area contributed by atoms with Crippen molar-refractivity contribution in [3.63, 3.8) is 0 Å². The molecule has 146 valence electrons.